The van der Waals surface area contributed by atoms with Crippen molar-refractivity contribution in [3.05, 3.63) is 41.7 Å². The highest BCUT2D eigenvalue weighted by Gasteiger charge is 2.40. The van der Waals surface area contributed by atoms with Gasteiger partial charge in [0.15, 0.2) is 17.1 Å². The van der Waals surface area contributed by atoms with Crippen LogP contribution in [0, 0.1) is 0 Å². The normalized spacial score (nSPS) is 16.5. The maximum Gasteiger partial charge on any atom is 0.336 e. The average molecular weight is 605 g/mol. The van der Waals surface area contributed by atoms with Gasteiger partial charge in [-0.3, -0.25) is 14.5 Å². The van der Waals surface area contributed by atoms with Gasteiger partial charge in [-0.05, 0) is 49.4 Å². The fourth-order valence-electron chi connectivity index (χ4n) is 4.98. The summed E-state index contributed by atoms with van der Waals surface area (Å²) >= 11 is 0. The number of anilines is 1. The van der Waals surface area contributed by atoms with Gasteiger partial charge in [0.25, 0.3) is 0 Å². The first kappa shape index (κ1) is 33.5. The molecule has 0 aliphatic carbocycles. The molecule has 2 fully saturated rings. The van der Waals surface area contributed by atoms with Crippen molar-refractivity contribution in [1.29, 1.82) is 0 Å². The molecule has 4 N–H and O–H groups in total. The van der Waals surface area contributed by atoms with E-state index in [4.69, 9.17) is 39.6 Å². The number of hydrogen-bond acceptors (Lipinski definition) is 11. The molecule has 4 rings (SSSR count). The van der Waals surface area contributed by atoms with Crippen LogP contribution in [0.2, 0.25) is 0 Å². The van der Waals surface area contributed by atoms with Crippen molar-refractivity contribution < 1.29 is 49.0 Å². The van der Waals surface area contributed by atoms with Crippen molar-refractivity contribution in [3.63, 3.8) is 0 Å². The van der Waals surface area contributed by atoms with Crippen LogP contribution in [0.5, 0.6) is 11.5 Å². The minimum absolute atomic E-state index is 0.282. The summed E-state index contributed by atoms with van der Waals surface area (Å²) < 4.78 is 16.8. The van der Waals surface area contributed by atoms with Gasteiger partial charge in [-0.15, -0.1) is 0 Å². The molecule has 2 aliphatic rings. The molecule has 43 heavy (non-hydrogen) atoms. The van der Waals surface area contributed by atoms with Crippen LogP contribution in [0.1, 0.15) is 49.8 Å². The number of aliphatic hydroxyl groups is 1. The highest BCUT2D eigenvalue weighted by atomic mass is 16.5. The second-order valence-electron chi connectivity index (χ2n) is 10.5. The van der Waals surface area contributed by atoms with Gasteiger partial charge in [0.1, 0.15) is 0 Å². The molecule has 2 saturated heterocycles. The molecule has 14 nitrogen and oxygen atoms in total. The Morgan fingerprint density at radius 1 is 1.00 bits per heavy atom. The average Bonchev–Trinajstić information content (AvgIpc) is 3.67. The lowest BCUT2D eigenvalue weighted by molar-refractivity contribution is -0.170. The van der Waals surface area contributed by atoms with Gasteiger partial charge >= 0.3 is 17.9 Å². The van der Waals surface area contributed by atoms with Crippen molar-refractivity contribution in [3.8, 4) is 11.5 Å². The molecule has 0 radical (unpaired) electrons. The Morgan fingerprint density at radius 3 is 2.23 bits per heavy atom. The predicted octanol–water partition coefficient (Wildman–Crippen LogP) is 2.03. The van der Waals surface area contributed by atoms with E-state index in [1.54, 1.807) is 14.2 Å². The Morgan fingerprint density at radius 2 is 1.67 bits per heavy atom. The summed E-state index contributed by atoms with van der Waals surface area (Å²) in [5.74, 6) is -2.66. The number of methoxy groups -OCH3 is 2. The van der Waals surface area contributed by atoms with Crippen LogP contribution < -0.4 is 14.4 Å². The van der Waals surface area contributed by atoms with E-state index < -0.39 is 36.4 Å². The van der Waals surface area contributed by atoms with Crippen LogP contribution in [-0.4, -0.2) is 105 Å². The second-order valence-corrected chi connectivity index (χ2v) is 10.5. The second kappa shape index (κ2) is 16.0. The van der Waals surface area contributed by atoms with E-state index in [9.17, 15) is 14.4 Å². The Labute approximate surface area is 249 Å². The van der Waals surface area contributed by atoms with E-state index >= 15 is 0 Å². The maximum atomic E-state index is 10.3. The number of benzene rings is 1. The van der Waals surface area contributed by atoms with Crippen molar-refractivity contribution in [1.82, 2.24) is 14.9 Å². The predicted molar refractivity (Wildman–Crippen MR) is 153 cm³/mol. The molecule has 0 spiro atoms. The molecule has 1 unspecified atom stereocenters. The summed E-state index contributed by atoms with van der Waals surface area (Å²) in [6.45, 7) is 5.41. The third-order valence-electron chi connectivity index (χ3n) is 7.10. The van der Waals surface area contributed by atoms with Crippen LogP contribution >= 0.6 is 0 Å². The number of aromatic nitrogens is 2. The highest BCUT2D eigenvalue weighted by molar-refractivity contribution is 5.88. The van der Waals surface area contributed by atoms with Gasteiger partial charge in [0.05, 0.1) is 38.9 Å². The zero-order chi connectivity index (χ0) is 31.4. The van der Waals surface area contributed by atoms with Crippen LogP contribution in [0.15, 0.2) is 30.5 Å². The highest BCUT2D eigenvalue weighted by Crippen LogP contribution is 2.28. The minimum atomic E-state index is -2.74. The van der Waals surface area contributed by atoms with Crippen LogP contribution in [0.3, 0.4) is 0 Å². The third-order valence-corrected chi connectivity index (χ3v) is 7.10. The zero-order valence-corrected chi connectivity index (χ0v) is 24.5. The largest absolute Gasteiger partial charge is 0.493 e. The fourth-order valence-corrected chi connectivity index (χ4v) is 4.98. The van der Waals surface area contributed by atoms with Gasteiger partial charge in [-0.1, -0.05) is 6.07 Å². The summed E-state index contributed by atoms with van der Waals surface area (Å²) in [6, 6.07) is 8.14. The molecule has 14 heteroatoms. The summed E-state index contributed by atoms with van der Waals surface area (Å²) in [5.41, 5.74) is -0.512. The summed E-state index contributed by atoms with van der Waals surface area (Å²) in [5, 5.41) is 33.8. The van der Waals surface area contributed by atoms with Crippen LogP contribution in [0.25, 0.3) is 0 Å². The van der Waals surface area contributed by atoms with Crippen molar-refractivity contribution in [2.75, 3.05) is 45.4 Å². The first-order valence-electron chi connectivity index (χ1n) is 14.0. The van der Waals surface area contributed by atoms with Gasteiger partial charge in [-0.25, -0.2) is 14.8 Å². The Hall–Kier alpha value is -4.01. The molecule has 0 saturated carbocycles. The minimum Gasteiger partial charge on any atom is -0.493 e. The van der Waals surface area contributed by atoms with Crippen molar-refractivity contribution >= 4 is 23.9 Å². The lowest BCUT2D eigenvalue weighted by atomic mass is 9.96. The monoisotopic (exact) mass is 604 g/mol. The lowest BCUT2D eigenvalue weighted by Crippen LogP contribution is -2.42. The number of rotatable bonds is 14. The SMILES string of the molecule is COc1ccc(CN(Cc2ccnc(N3CCCC3)n2)CC2CCCO2)cc1OC.O=C(O)CC(O)(CC(=O)O)C(=O)O. The summed E-state index contributed by atoms with van der Waals surface area (Å²) in [6.07, 6.45) is 4.58. The first-order valence-corrected chi connectivity index (χ1v) is 14.0. The summed E-state index contributed by atoms with van der Waals surface area (Å²) in [7, 11) is 3.33. The maximum absolute atomic E-state index is 10.3. The number of ether oxygens (including phenoxy) is 3. The number of aliphatic carboxylic acids is 3. The Balaban J connectivity index is 0.000000331. The van der Waals surface area contributed by atoms with Gasteiger partial charge < -0.3 is 39.5 Å². The van der Waals surface area contributed by atoms with Gasteiger partial charge in [0.2, 0.25) is 5.95 Å². The molecule has 2 aliphatic heterocycles. The van der Waals surface area contributed by atoms with Crippen molar-refractivity contribution in [2.45, 2.75) is 63.3 Å². The smallest absolute Gasteiger partial charge is 0.336 e. The van der Waals surface area contributed by atoms with E-state index in [2.05, 4.69) is 26.9 Å². The summed E-state index contributed by atoms with van der Waals surface area (Å²) in [4.78, 5) is 44.5. The topological polar surface area (TPSA) is 192 Å². The van der Waals surface area contributed by atoms with E-state index in [0.717, 1.165) is 75.3 Å². The van der Waals surface area contributed by atoms with E-state index in [1.807, 2.05) is 18.3 Å². The molecule has 1 aromatic heterocycles. The molecule has 3 heterocycles. The quantitative estimate of drug-likeness (QED) is 0.245. The molecule has 236 valence electrons. The van der Waals surface area contributed by atoms with E-state index in [0.29, 0.717) is 0 Å². The standard InChI is InChI=1S/C23H32N4O3.C6H8O7/c1-28-21-8-7-18(14-22(21)29-2)15-26(17-20-6-5-13-30-20)16-19-9-10-24-23(25-19)27-11-3-4-12-27;7-3(8)1-6(13,5(11)12)2-4(9)10/h7-10,14,20H,3-6,11-13,15-17H2,1-2H3;13H,1-2H2,(H,7,8)(H,9,10)(H,11,12). The van der Waals surface area contributed by atoms with E-state index in [-0.39, 0.29) is 6.10 Å². The van der Waals surface area contributed by atoms with Gasteiger partial charge in [-0.2, -0.15) is 0 Å². The third kappa shape index (κ3) is 10.3. The Bertz CT molecular complexity index is 1220. The van der Waals surface area contributed by atoms with Crippen LogP contribution in [-0.2, 0) is 32.2 Å². The van der Waals surface area contributed by atoms with E-state index in [1.165, 1.54) is 18.4 Å². The zero-order valence-electron chi connectivity index (χ0n) is 24.5. The molecule has 1 aromatic carbocycles. The lowest BCUT2D eigenvalue weighted by Gasteiger charge is -2.26. The molecular weight excluding hydrogens is 564 g/mol. The molecule has 2 aromatic rings. The number of carboxylic acids is 3. The van der Waals surface area contributed by atoms with Gasteiger partial charge in [0, 0.05) is 45.5 Å². The number of hydrogen-bond donors (Lipinski definition) is 4. The number of carbonyl (C=O) groups is 3. The molecular formula is C29H40N4O10. The van der Waals surface area contributed by atoms with Crippen molar-refractivity contribution in [2.24, 2.45) is 0 Å². The molecule has 1 atom stereocenters. The molecule has 0 bridgehead atoms. The Kier molecular flexibility index (Phi) is 12.5. The number of nitrogens with zero attached hydrogens (tertiary/aromatic N) is 4. The molecule has 0 amide bonds. The fraction of sp³-hybridized carbons (Fsp3) is 0.552. The van der Waals surface area contributed by atoms with Crippen LogP contribution in [0.4, 0.5) is 5.95 Å². The first-order chi connectivity index (χ1) is 20.5. The number of carboxylic acid groups (broad SMARTS) is 3.